The van der Waals surface area contributed by atoms with Crippen LogP contribution in [0.3, 0.4) is 0 Å². The van der Waals surface area contributed by atoms with E-state index in [0.717, 1.165) is 24.1 Å². The number of allylic oxidation sites excluding steroid dienone is 2. The fourth-order valence-electron chi connectivity index (χ4n) is 3.13. The lowest BCUT2D eigenvalue weighted by molar-refractivity contribution is -0.116. The highest BCUT2D eigenvalue weighted by molar-refractivity contribution is 5.99. The number of tetrazole rings is 1. The van der Waals surface area contributed by atoms with Gasteiger partial charge in [0, 0.05) is 17.7 Å². The summed E-state index contributed by atoms with van der Waals surface area (Å²) in [7, 11) is 0. The summed E-state index contributed by atoms with van der Waals surface area (Å²) in [5, 5.41) is 23.8. The smallest absolute Gasteiger partial charge is 0.335 e. The molecule has 2 aromatic rings. The highest BCUT2D eigenvalue weighted by Crippen LogP contribution is 2.39. The van der Waals surface area contributed by atoms with Gasteiger partial charge in [-0.05, 0) is 41.0 Å². The third-order valence-electron chi connectivity index (χ3n) is 4.20. The molecule has 2 N–H and O–H groups in total. The molecule has 0 saturated heterocycles. The molecular weight excluding hydrogens is 298 g/mol. The molecule has 1 aliphatic carbocycles. The minimum absolute atomic E-state index is 0.0761. The average molecular weight is 311 g/mol. The Kier molecular flexibility index (Phi) is 2.97. The van der Waals surface area contributed by atoms with Crippen LogP contribution >= 0.6 is 0 Å². The molecular formula is C15H13N5O3. The molecule has 23 heavy (non-hydrogen) atoms. The minimum atomic E-state index is -0.987. The molecule has 0 bridgehead atoms. The number of fused-ring (bicyclic) bond motifs is 1. The van der Waals surface area contributed by atoms with E-state index >= 15 is 0 Å². The van der Waals surface area contributed by atoms with Crippen molar-refractivity contribution in [2.45, 2.75) is 25.3 Å². The Morgan fingerprint density at radius 2 is 2.04 bits per heavy atom. The van der Waals surface area contributed by atoms with Crippen molar-refractivity contribution in [3.8, 4) is 0 Å². The fraction of sp³-hybridized carbons (Fsp3) is 0.267. The first-order chi connectivity index (χ1) is 11.1. The van der Waals surface area contributed by atoms with Crippen LogP contribution in [0.4, 0.5) is 5.95 Å². The molecule has 0 fully saturated rings. The summed E-state index contributed by atoms with van der Waals surface area (Å²) in [6.45, 7) is 0. The number of ketones is 1. The van der Waals surface area contributed by atoms with Gasteiger partial charge in [-0.1, -0.05) is 17.2 Å². The maximum atomic E-state index is 12.4. The van der Waals surface area contributed by atoms with Crippen LogP contribution in [0.25, 0.3) is 0 Å². The summed E-state index contributed by atoms with van der Waals surface area (Å²) >= 11 is 0. The Morgan fingerprint density at radius 3 is 2.78 bits per heavy atom. The lowest BCUT2D eigenvalue weighted by Crippen LogP contribution is -2.31. The van der Waals surface area contributed by atoms with Crippen molar-refractivity contribution in [2.75, 3.05) is 5.32 Å². The van der Waals surface area contributed by atoms with Crippen molar-refractivity contribution >= 4 is 17.7 Å². The lowest BCUT2D eigenvalue weighted by atomic mass is 9.85. The number of benzene rings is 1. The molecule has 0 amide bonds. The van der Waals surface area contributed by atoms with E-state index in [-0.39, 0.29) is 11.3 Å². The number of aromatic nitrogens is 4. The number of carboxylic acid groups (broad SMARTS) is 1. The molecule has 8 heteroatoms. The van der Waals surface area contributed by atoms with Gasteiger partial charge in [0.25, 0.3) is 0 Å². The Hall–Kier alpha value is -3.03. The number of anilines is 1. The van der Waals surface area contributed by atoms with Crippen LogP contribution in [0.15, 0.2) is 35.5 Å². The van der Waals surface area contributed by atoms with Gasteiger partial charge in [0.05, 0.1) is 5.56 Å². The largest absolute Gasteiger partial charge is 0.478 e. The first kappa shape index (κ1) is 13.6. The molecule has 0 spiro atoms. The van der Waals surface area contributed by atoms with Crippen LogP contribution in [0, 0.1) is 0 Å². The summed E-state index contributed by atoms with van der Waals surface area (Å²) in [5.74, 6) is -0.420. The molecule has 0 unspecified atom stereocenters. The third-order valence-corrected chi connectivity index (χ3v) is 4.20. The molecule has 1 aromatic carbocycles. The molecule has 1 atom stereocenters. The van der Waals surface area contributed by atoms with Gasteiger partial charge >= 0.3 is 5.97 Å². The van der Waals surface area contributed by atoms with E-state index in [9.17, 15) is 9.59 Å². The molecule has 8 nitrogen and oxygen atoms in total. The van der Waals surface area contributed by atoms with Crippen LogP contribution in [0.2, 0.25) is 0 Å². The number of rotatable bonds is 2. The Labute approximate surface area is 130 Å². The quantitative estimate of drug-likeness (QED) is 0.862. The van der Waals surface area contributed by atoms with E-state index < -0.39 is 12.0 Å². The second-order valence-electron chi connectivity index (χ2n) is 5.57. The number of carbonyl (C=O) groups is 2. The molecule has 2 aliphatic rings. The molecule has 2 heterocycles. The van der Waals surface area contributed by atoms with Crippen LogP contribution in [-0.4, -0.2) is 37.1 Å². The van der Waals surface area contributed by atoms with Crippen LogP contribution in [-0.2, 0) is 4.79 Å². The van der Waals surface area contributed by atoms with E-state index in [2.05, 4.69) is 20.8 Å². The predicted octanol–water partition coefficient (Wildman–Crippen LogP) is 1.39. The number of hydrogen-bond donors (Lipinski definition) is 2. The van der Waals surface area contributed by atoms with Crippen molar-refractivity contribution < 1.29 is 14.7 Å². The van der Waals surface area contributed by atoms with Gasteiger partial charge < -0.3 is 10.4 Å². The zero-order valence-electron chi connectivity index (χ0n) is 12.1. The zero-order valence-corrected chi connectivity index (χ0v) is 12.1. The number of carboxylic acids is 1. The number of nitrogens with zero attached hydrogens (tertiary/aromatic N) is 4. The summed E-state index contributed by atoms with van der Waals surface area (Å²) in [6.07, 6.45) is 2.08. The molecule has 1 aromatic heterocycles. The molecule has 116 valence electrons. The molecule has 1 aliphatic heterocycles. The van der Waals surface area contributed by atoms with E-state index in [1.54, 1.807) is 16.8 Å². The SMILES string of the molecule is O=C1CCCC2=C1[C@H](c1ccc(C(=O)O)cc1)n1nnnc1N2. The summed E-state index contributed by atoms with van der Waals surface area (Å²) < 4.78 is 1.57. The topological polar surface area (TPSA) is 110 Å². The Bertz CT molecular complexity index is 837. The number of nitrogens with one attached hydrogen (secondary N) is 1. The van der Waals surface area contributed by atoms with Crippen molar-refractivity contribution in [3.05, 3.63) is 46.7 Å². The third kappa shape index (κ3) is 2.10. The van der Waals surface area contributed by atoms with E-state index in [4.69, 9.17) is 5.11 Å². The summed E-state index contributed by atoms with van der Waals surface area (Å²) in [6, 6.07) is 6.04. The maximum Gasteiger partial charge on any atom is 0.335 e. The standard InChI is InChI=1S/C15H13N5O3/c21-11-3-1-2-10-12(11)13(20-15(16-10)17-18-19-20)8-4-6-9(7-5-8)14(22)23/h4-7,13H,1-3H2,(H,22,23)(H,16,17,19)/t13-/m0/s1. The molecule has 0 radical (unpaired) electrons. The van der Waals surface area contributed by atoms with Crippen molar-refractivity contribution in [3.63, 3.8) is 0 Å². The van der Waals surface area contributed by atoms with Gasteiger partial charge in [-0.3, -0.25) is 4.79 Å². The van der Waals surface area contributed by atoms with E-state index in [1.807, 2.05) is 0 Å². The first-order valence-corrected chi connectivity index (χ1v) is 7.29. The van der Waals surface area contributed by atoms with Crippen molar-refractivity contribution in [1.82, 2.24) is 20.2 Å². The van der Waals surface area contributed by atoms with Crippen LogP contribution < -0.4 is 5.32 Å². The monoisotopic (exact) mass is 311 g/mol. The van der Waals surface area contributed by atoms with Gasteiger partial charge in [-0.2, -0.15) is 4.68 Å². The number of Topliss-reactive ketones (excluding diaryl/α,β-unsaturated/α-hetero) is 1. The van der Waals surface area contributed by atoms with Gasteiger partial charge in [0.15, 0.2) is 5.78 Å². The fourth-order valence-corrected chi connectivity index (χ4v) is 3.13. The Morgan fingerprint density at radius 1 is 1.26 bits per heavy atom. The van der Waals surface area contributed by atoms with Crippen molar-refractivity contribution in [2.24, 2.45) is 0 Å². The number of carbonyl (C=O) groups excluding carboxylic acids is 1. The second kappa shape index (κ2) is 5.01. The van der Waals surface area contributed by atoms with Gasteiger partial charge in [-0.25, -0.2) is 4.79 Å². The summed E-state index contributed by atoms with van der Waals surface area (Å²) in [5.41, 5.74) is 2.51. The second-order valence-corrected chi connectivity index (χ2v) is 5.57. The van der Waals surface area contributed by atoms with Crippen LogP contribution in [0.1, 0.15) is 41.2 Å². The maximum absolute atomic E-state index is 12.4. The van der Waals surface area contributed by atoms with E-state index in [1.165, 1.54) is 12.1 Å². The average Bonchev–Trinajstić information content (AvgIpc) is 3.01. The van der Waals surface area contributed by atoms with Gasteiger partial charge in [0.1, 0.15) is 6.04 Å². The van der Waals surface area contributed by atoms with Crippen LogP contribution in [0.5, 0.6) is 0 Å². The normalized spacial score (nSPS) is 19.8. The predicted molar refractivity (Wildman–Crippen MR) is 78.9 cm³/mol. The molecule has 4 rings (SSSR count). The van der Waals surface area contributed by atoms with Gasteiger partial charge in [0.2, 0.25) is 5.95 Å². The minimum Gasteiger partial charge on any atom is -0.478 e. The zero-order chi connectivity index (χ0) is 16.0. The number of hydrogen-bond acceptors (Lipinski definition) is 6. The first-order valence-electron chi connectivity index (χ1n) is 7.29. The van der Waals surface area contributed by atoms with Gasteiger partial charge in [-0.15, -0.1) is 0 Å². The Balaban J connectivity index is 1.85. The highest BCUT2D eigenvalue weighted by Gasteiger charge is 2.36. The van der Waals surface area contributed by atoms with Crippen molar-refractivity contribution in [1.29, 1.82) is 0 Å². The summed E-state index contributed by atoms with van der Waals surface area (Å²) in [4.78, 5) is 23.5. The number of aromatic carboxylic acids is 1. The lowest BCUT2D eigenvalue weighted by Gasteiger charge is -2.31. The highest BCUT2D eigenvalue weighted by atomic mass is 16.4. The molecule has 0 saturated carbocycles. The van der Waals surface area contributed by atoms with E-state index in [0.29, 0.717) is 17.9 Å².